The molecule has 2 aromatic rings. The van der Waals surface area contributed by atoms with E-state index in [1.165, 1.54) is 19.2 Å². The lowest BCUT2D eigenvalue weighted by molar-refractivity contribution is -0.139. The second kappa shape index (κ2) is 13.4. The summed E-state index contributed by atoms with van der Waals surface area (Å²) in [5.41, 5.74) is -0.188. The number of rotatable bonds is 12. The average molecular weight is 631 g/mol. The molecule has 45 heavy (non-hydrogen) atoms. The van der Waals surface area contributed by atoms with E-state index in [9.17, 15) is 19.5 Å². The van der Waals surface area contributed by atoms with Crippen LogP contribution in [0.2, 0.25) is 0 Å². The van der Waals surface area contributed by atoms with Gasteiger partial charge in [-0.25, -0.2) is 14.8 Å². The smallest absolute Gasteiger partial charge is 0.407 e. The van der Waals surface area contributed by atoms with E-state index >= 15 is 8.78 Å². The number of nitrogens with one attached hydrogen (secondary N) is 1. The Balaban J connectivity index is 1.10. The Kier molecular flexibility index (Phi) is 9.79. The summed E-state index contributed by atoms with van der Waals surface area (Å²) < 4.78 is 41.8. The number of carbonyl (C=O) groups is 3. The minimum absolute atomic E-state index is 0.0436. The Morgan fingerprint density at radius 3 is 2.56 bits per heavy atom. The number of aromatic nitrogens is 2. The summed E-state index contributed by atoms with van der Waals surface area (Å²) in [6.07, 6.45) is 4.40. The first kappa shape index (κ1) is 32.8. The first-order valence-electron chi connectivity index (χ1n) is 16.1. The minimum atomic E-state index is -3.33. The molecule has 0 bridgehead atoms. The predicted octanol–water partition coefficient (Wildman–Crippen LogP) is 5.60. The van der Waals surface area contributed by atoms with Crippen LogP contribution in [0.3, 0.4) is 0 Å². The molecule has 2 amide bonds. The molecule has 2 heterocycles. The van der Waals surface area contributed by atoms with Gasteiger partial charge in [-0.2, -0.15) is 8.78 Å². The SMILES string of the molecule is CCC1CCN(C(=O)CNC(=O)OC2CCC[C@H]2CCC2CC2C(F)(F)c2nc3ccc(OC)cc3nc2O)[C@@H]1C(=O)C(C)C. The molecule has 3 aliphatic rings. The number of nitrogens with zero attached hydrogens (tertiary/aromatic N) is 3. The van der Waals surface area contributed by atoms with Gasteiger partial charge in [-0.1, -0.05) is 27.2 Å². The van der Waals surface area contributed by atoms with Crippen LogP contribution in [-0.2, 0) is 20.2 Å². The Labute approximate surface area is 262 Å². The molecule has 1 aromatic heterocycles. The van der Waals surface area contributed by atoms with Crippen molar-refractivity contribution in [1.29, 1.82) is 0 Å². The van der Waals surface area contributed by atoms with Gasteiger partial charge in [0.05, 0.1) is 24.2 Å². The highest BCUT2D eigenvalue weighted by Crippen LogP contribution is 2.57. The largest absolute Gasteiger partial charge is 0.497 e. The summed E-state index contributed by atoms with van der Waals surface area (Å²) in [6.45, 7) is 5.93. The number of amides is 2. The highest BCUT2D eigenvalue weighted by atomic mass is 19.3. The molecule has 0 radical (unpaired) electrons. The third-order valence-electron chi connectivity index (χ3n) is 9.93. The molecule has 246 valence electrons. The number of halogens is 2. The number of fused-ring (bicyclic) bond motifs is 1. The molecule has 10 nitrogen and oxygen atoms in total. The van der Waals surface area contributed by atoms with Gasteiger partial charge in [0.15, 0.2) is 11.5 Å². The number of likely N-dealkylation sites (tertiary alicyclic amines) is 1. The number of ketones is 1. The summed E-state index contributed by atoms with van der Waals surface area (Å²) >= 11 is 0. The molecule has 6 atom stereocenters. The third-order valence-corrected chi connectivity index (χ3v) is 9.93. The Morgan fingerprint density at radius 2 is 1.84 bits per heavy atom. The van der Waals surface area contributed by atoms with Crippen LogP contribution in [0.5, 0.6) is 11.6 Å². The molecule has 5 rings (SSSR count). The van der Waals surface area contributed by atoms with Gasteiger partial charge in [0.1, 0.15) is 18.4 Å². The number of benzene rings is 1. The molecule has 1 aliphatic heterocycles. The van der Waals surface area contributed by atoms with Crippen molar-refractivity contribution < 1.29 is 37.7 Å². The van der Waals surface area contributed by atoms with Crippen molar-refractivity contribution in [3.8, 4) is 11.6 Å². The number of hydrogen-bond acceptors (Lipinski definition) is 8. The molecule has 1 saturated heterocycles. The van der Waals surface area contributed by atoms with E-state index in [0.717, 1.165) is 25.7 Å². The maximum Gasteiger partial charge on any atom is 0.407 e. The highest BCUT2D eigenvalue weighted by Gasteiger charge is 2.57. The molecule has 2 N–H and O–H groups in total. The monoisotopic (exact) mass is 630 g/mol. The lowest BCUT2D eigenvalue weighted by Gasteiger charge is -2.28. The summed E-state index contributed by atoms with van der Waals surface area (Å²) in [6, 6.07) is 4.21. The Bertz CT molecular complexity index is 1420. The number of alkyl carbamates (subject to hydrolysis) is 1. The van der Waals surface area contributed by atoms with Gasteiger partial charge in [-0.05, 0) is 74.8 Å². The van der Waals surface area contributed by atoms with E-state index < -0.39 is 35.5 Å². The molecular weight excluding hydrogens is 586 g/mol. The zero-order valence-corrected chi connectivity index (χ0v) is 26.4. The fourth-order valence-electron chi connectivity index (χ4n) is 7.20. The first-order valence-corrected chi connectivity index (χ1v) is 16.1. The summed E-state index contributed by atoms with van der Waals surface area (Å²) in [7, 11) is 1.48. The van der Waals surface area contributed by atoms with Crippen molar-refractivity contribution in [2.24, 2.45) is 29.6 Å². The second-order valence-electron chi connectivity index (χ2n) is 13.1. The van der Waals surface area contributed by atoms with E-state index in [0.29, 0.717) is 38.0 Å². The number of methoxy groups -OCH3 is 1. The van der Waals surface area contributed by atoms with Gasteiger partial charge in [0.2, 0.25) is 11.8 Å². The van der Waals surface area contributed by atoms with E-state index in [1.54, 1.807) is 11.0 Å². The van der Waals surface area contributed by atoms with Gasteiger partial charge >= 0.3 is 6.09 Å². The fraction of sp³-hybridized carbons (Fsp3) is 0.667. The van der Waals surface area contributed by atoms with E-state index in [2.05, 4.69) is 15.3 Å². The summed E-state index contributed by atoms with van der Waals surface area (Å²) in [5.74, 6) is -5.10. The molecule has 2 aliphatic carbocycles. The van der Waals surface area contributed by atoms with Crippen molar-refractivity contribution >= 4 is 28.8 Å². The Hall–Kier alpha value is -3.57. The van der Waals surface area contributed by atoms with Crippen LogP contribution < -0.4 is 10.1 Å². The van der Waals surface area contributed by atoms with Crippen LogP contribution >= 0.6 is 0 Å². The topological polar surface area (TPSA) is 131 Å². The van der Waals surface area contributed by atoms with Crippen molar-refractivity contribution in [1.82, 2.24) is 20.2 Å². The number of Topliss-reactive ketones (excluding diaryl/α,β-unsaturated/α-hetero) is 1. The maximum absolute atomic E-state index is 15.5. The standard InChI is InChI=1S/C33H44F2N4O6/c1-5-19-13-14-39(28(19)29(41)18(2)3)27(40)17-36-32(43)45-26-8-6-7-20(26)9-10-21-15-23(21)33(34,35)30-31(42)38-25-16-22(44-4)11-12-24(25)37-30/h11-12,16,18-21,23,26,28H,5-10,13-15,17H2,1-4H3,(H,36,43)(H,38,42)/t19?,20-,21?,23?,26?,28-/m0/s1. The van der Waals surface area contributed by atoms with Crippen molar-refractivity contribution in [3.05, 3.63) is 23.9 Å². The zero-order valence-electron chi connectivity index (χ0n) is 26.4. The molecule has 1 aromatic carbocycles. The zero-order chi connectivity index (χ0) is 32.5. The number of carbonyl (C=O) groups excluding carboxylic acids is 3. The van der Waals surface area contributed by atoms with Crippen LogP contribution in [0.1, 0.15) is 77.8 Å². The lowest BCUT2D eigenvalue weighted by Crippen LogP contribution is -2.48. The quantitative estimate of drug-likeness (QED) is 0.310. The van der Waals surface area contributed by atoms with Crippen LogP contribution in [0.15, 0.2) is 18.2 Å². The van der Waals surface area contributed by atoms with Crippen LogP contribution in [0, 0.1) is 29.6 Å². The Morgan fingerprint density at radius 1 is 1.09 bits per heavy atom. The highest BCUT2D eigenvalue weighted by molar-refractivity contribution is 5.92. The number of alkyl halides is 2. The van der Waals surface area contributed by atoms with Gasteiger partial charge in [0, 0.05) is 24.4 Å². The number of ether oxygens (including phenoxy) is 2. The average Bonchev–Trinajstić information content (AvgIpc) is 3.48. The van der Waals surface area contributed by atoms with Crippen LogP contribution in [0.25, 0.3) is 11.0 Å². The normalized spacial score (nSPS) is 26.3. The summed E-state index contributed by atoms with van der Waals surface area (Å²) in [5, 5.41) is 12.9. The summed E-state index contributed by atoms with van der Waals surface area (Å²) in [4.78, 5) is 48.0. The van der Waals surface area contributed by atoms with E-state index in [-0.39, 0.29) is 59.0 Å². The first-order chi connectivity index (χ1) is 21.4. The lowest BCUT2D eigenvalue weighted by atomic mass is 9.89. The van der Waals surface area contributed by atoms with Gasteiger partial charge in [0.25, 0.3) is 5.92 Å². The van der Waals surface area contributed by atoms with E-state index in [1.807, 2.05) is 20.8 Å². The van der Waals surface area contributed by atoms with Crippen LogP contribution in [0.4, 0.5) is 13.6 Å². The van der Waals surface area contributed by atoms with Gasteiger partial charge in [-0.3, -0.25) is 9.59 Å². The van der Waals surface area contributed by atoms with Crippen molar-refractivity contribution in [2.45, 2.75) is 90.2 Å². The van der Waals surface area contributed by atoms with Gasteiger partial charge in [-0.15, -0.1) is 0 Å². The van der Waals surface area contributed by atoms with Crippen LogP contribution in [-0.4, -0.2) is 70.1 Å². The maximum atomic E-state index is 15.5. The minimum Gasteiger partial charge on any atom is -0.497 e. The third kappa shape index (κ3) is 6.99. The molecule has 0 spiro atoms. The fourth-order valence-corrected chi connectivity index (χ4v) is 7.20. The molecule has 2 saturated carbocycles. The number of aromatic hydroxyl groups is 1. The second-order valence-corrected chi connectivity index (χ2v) is 13.1. The predicted molar refractivity (Wildman–Crippen MR) is 162 cm³/mol. The van der Waals surface area contributed by atoms with E-state index in [4.69, 9.17) is 9.47 Å². The molecular formula is C33H44F2N4O6. The van der Waals surface area contributed by atoms with Gasteiger partial charge < -0.3 is 24.8 Å². The molecule has 3 fully saturated rings. The van der Waals surface area contributed by atoms with Crippen molar-refractivity contribution in [2.75, 3.05) is 20.2 Å². The van der Waals surface area contributed by atoms with Crippen molar-refractivity contribution in [3.63, 3.8) is 0 Å². The molecule has 12 heteroatoms. The molecule has 4 unspecified atom stereocenters. The number of hydrogen-bond donors (Lipinski definition) is 2.